The number of nitrogens with zero attached hydrogens (tertiary/aromatic N) is 3. The molecule has 3 saturated heterocycles. The standard InChI is InChI=1S/C29H35N3O4/c33-24-12-7-13-25(18-24)35-26-19-32(16-14-21(26)15-17-32)20-27-30-28(31-36-27)29(34,22-8-3-1-4-9-22)23-10-5-2-6-11-23/h1,3-4,7-9,12-13,18,21,23,26,34H,2,5-6,10-11,14-17,19-20H2/p+1/t21?,26-,29-,32?/m0/s1. The molecule has 0 amide bonds. The highest BCUT2D eigenvalue weighted by atomic mass is 16.5. The summed E-state index contributed by atoms with van der Waals surface area (Å²) in [5.74, 6) is 2.53. The lowest BCUT2D eigenvalue weighted by Crippen LogP contribution is -2.64. The molecular weight excluding hydrogens is 454 g/mol. The number of hydrogen-bond acceptors (Lipinski definition) is 6. The zero-order valence-corrected chi connectivity index (χ0v) is 20.8. The number of benzene rings is 2. The third-order valence-electron chi connectivity index (χ3n) is 8.84. The molecule has 7 nitrogen and oxygen atoms in total. The van der Waals surface area contributed by atoms with Crippen LogP contribution in [0, 0.1) is 11.8 Å². The highest BCUT2D eigenvalue weighted by Gasteiger charge is 2.49. The summed E-state index contributed by atoms with van der Waals surface area (Å²) in [4.78, 5) is 4.84. The fourth-order valence-electron chi connectivity index (χ4n) is 6.83. The Balaban J connectivity index is 1.23. The first-order valence-corrected chi connectivity index (χ1v) is 13.5. The van der Waals surface area contributed by atoms with E-state index in [4.69, 9.17) is 14.2 Å². The van der Waals surface area contributed by atoms with Crippen molar-refractivity contribution in [2.75, 3.05) is 19.6 Å². The quantitative estimate of drug-likeness (QED) is 0.464. The summed E-state index contributed by atoms with van der Waals surface area (Å²) >= 11 is 0. The molecule has 7 heteroatoms. The second kappa shape index (κ2) is 9.52. The van der Waals surface area contributed by atoms with Gasteiger partial charge in [-0.15, -0.1) is 0 Å². The van der Waals surface area contributed by atoms with Gasteiger partial charge < -0.3 is 24.0 Å². The summed E-state index contributed by atoms with van der Waals surface area (Å²) in [6.45, 7) is 3.65. The van der Waals surface area contributed by atoms with Crippen molar-refractivity contribution in [3.05, 3.63) is 71.9 Å². The minimum Gasteiger partial charge on any atom is -0.508 e. The lowest BCUT2D eigenvalue weighted by molar-refractivity contribution is -0.959. The number of rotatable bonds is 7. The maximum atomic E-state index is 12.1. The highest BCUT2D eigenvalue weighted by molar-refractivity contribution is 5.32. The Bertz CT molecular complexity index is 1170. The summed E-state index contributed by atoms with van der Waals surface area (Å²) in [5, 5.41) is 26.3. The number of fused-ring (bicyclic) bond motifs is 3. The Kier molecular flexibility index (Phi) is 6.21. The smallest absolute Gasteiger partial charge is 0.282 e. The van der Waals surface area contributed by atoms with Crippen LogP contribution in [0.5, 0.6) is 11.5 Å². The van der Waals surface area contributed by atoms with E-state index in [0.717, 1.165) is 68.2 Å². The van der Waals surface area contributed by atoms with E-state index in [1.807, 2.05) is 42.5 Å². The van der Waals surface area contributed by atoms with Crippen LogP contribution in [0.15, 0.2) is 59.1 Å². The fourth-order valence-corrected chi connectivity index (χ4v) is 6.83. The molecular formula is C29H36N3O4+. The third-order valence-corrected chi connectivity index (χ3v) is 8.84. The largest absolute Gasteiger partial charge is 0.508 e. The molecule has 2 aromatic carbocycles. The van der Waals surface area contributed by atoms with Crippen molar-refractivity contribution in [3.63, 3.8) is 0 Å². The van der Waals surface area contributed by atoms with Crippen molar-refractivity contribution in [1.82, 2.24) is 10.1 Å². The first-order chi connectivity index (χ1) is 17.5. The number of piperidine rings is 3. The van der Waals surface area contributed by atoms with Crippen LogP contribution in [0.3, 0.4) is 0 Å². The van der Waals surface area contributed by atoms with Crippen molar-refractivity contribution in [3.8, 4) is 11.5 Å². The van der Waals surface area contributed by atoms with E-state index in [0.29, 0.717) is 29.9 Å². The molecule has 0 radical (unpaired) electrons. The normalized spacial score (nSPS) is 28.0. The number of phenolic OH excluding ortho intramolecular Hbond substituents is 1. The van der Waals surface area contributed by atoms with E-state index >= 15 is 0 Å². The van der Waals surface area contributed by atoms with Crippen molar-refractivity contribution in [2.45, 2.75) is 63.2 Å². The van der Waals surface area contributed by atoms with E-state index < -0.39 is 5.60 Å². The Morgan fingerprint density at radius 1 is 0.972 bits per heavy atom. The molecule has 4 heterocycles. The predicted octanol–water partition coefficient (Wildman–Crippen LogP) is 4.78. The first kappa shape index (κ1) is 23.5. The summed E-state index contributed by atoms with van der Waals surface area (Å²) in [6, 6.07) is 16.9. The van der Waals surface area contributed by atoms with E-state index in [2.05, 4.69) is 5.16 Å². The maximum Gasteiger partial charge on any atom is 0.282 e. The van der Waals surface area contributed by atoms with Gasteiger partial charge in [0.15, 0.2) is 18.2 Å². The van der Waals surface area contributed by atoms with Crippen LogP contribution >= 0.6 is 0 Å². The number of aromatic nitrogens is 2. The number of phenols is 1. The van der Waals surface area contributed by atoms with Crippen LogP contribution in [0.4, 0.5) is 0 Å². The van der Waals surface area contributed by atoms with Crippen molar-refractivity contribution in [2.24, 2.45) is 11.8 Å². The van der Waals surface area contributed by atoms with Gasteiger partial charge in [0.05, 0.1) is 13.1 Å². The summed E-state index contributed by atoms with van der Waals surface area (Å²) in [7, 11) is 0. The fraction of sp³-hybridized carbons (Fsp3) is 0.517. The average Bonchev–Trinajstić information content (AvgIpc) is 3.38. The number of ether oxygens (including phenoxy) is 1. The van der Waals surface area contributed by atoms with Crippen LogP contribution in [0.2, 0.25) is 0 Å². The molecule has 2 bridgehead atoms. The van der Waals surface area contributed by atoms with Gasteiger partial charge in [0, 0.05) is 24.8 Å². The molecule has 0 unspecified atom stereocenters. The average molecular weight is 491 g/mol. The molecule has 3 aliphatic heterocycles. The summed E-state index contributed by atoms with van der Waals surface area (Å²) < 4.78 is 13.0. The molecule has 3 aromatic rings. The minimum atomic E-state index is -1.24. The Labute approximate surface area is 212 Å². The Morgan fingerprint density at radius 2 is 1.75 bits per heavy atom. The van der Waals surface area contributed by atoms with Gasteiger partial charge in [0.25, 0.3) is 5.89 Å². The highest BCUT2D eigenvalue weighted by Crippen LogP contribution is 2.43. The number of quaternary nitrogens is 1. The Hall–Kier alpha value is -2.90. The molecule has 1 aromatic heterocycles. The molecule has 36 heavy (non-hydrogen) atoms. The van der Waals surface area contributed by atoms with Gasteiger partial charge in [-0.25, -0.2) is 0 Å². The monoisotopic (exact) mass is 490 g/mol. The second-order valence-corrected chi connectivity index (χ2v) is 11.1. The van der Waals surface area contributed by atoms with Crippen LogP contribution < -0.4 is 4.74 Å². The summed E-state index contributed by atoms with van der Waals surface area (Å²) in [5.41, 5.74) is -0.395. The zero-order chi connectivity index (χ0) is 24.6. The lowest BCUT2D eigenvalue weighted by atomic mass is 9.73. The van der Waals surface area contributed by atoms with E-state index in [-0.39, 0.29) is 17.8 Å². The van der Waals surface area contributed by atoms with Crippen molar-refractivity contribution < 1.29 is 24.0 Å². The zero-order valence-electron chi connectivity index (χ0n) is 20.8. The molecule has 190 valence electrons. The molecule has 4 fully saturated rings. The van der Waals surface area contributed by atoms with Gasteiger partial charge in [-0.05, 0) is 36.5 Å². The number of aliphatic hydroxyl groups is 1. The third kappa shape index (κ3) is 4.39. The number of aromatic hydroxyl groups is 1. The first-order valence-electron chi connectivity index (χ1n) is 13.5. The SMILES string of the molecule is Oc1cccc(O[C@H]2C[N+]3(Cc4nc([C@](O)(c5ccccc5)C5CCCCC5)no4)CCC2CC3)c1. The molecule has 1 saturated carbocycles. The van der Waals surface area contributed by atoms with Crippen LogP contribution in [0.1, 0.15) is 62.2 Å². The molecule has 4 aliphatic rings. The number of hydrogen-bond donors (Lipinski definition) is 2. The summed E-state index contributed by atoms with van der Waals surface area (Å²) in [6.07, 6.45) is 7.67. The Morgan fingerprint density at radius 3 is 2.50 bits per heavy atom. The predicted molar refractivity (Wildman–Crippen MR) is 134 cm³/mol. The van der Waals surface area contributed by atoms with Crippen LogP contribution in [0.25, 0.3) is 0 Å². The topological polar surface area (TPSA) is 88.6 Å². The molecule has 7 rings (SSSR count). The van der Waals surface area contributed by atoms with E-state index in [1.54, 1.807) is 12.1 Å². The van der Waals surface area contributed by atoms with Crippen molar-refractivity contribution in [1.29, 1.82) is 0 Å². The molecule has 0 spiro atoms. The second-order valence-electron chi connectivity index (χ2n) is 11.1. The molecule has 2 N–H and O–H groups in total. The molecule has 2 atom stereocenters. The minimum absolute atomic E-state index is 0.0805. The van der Waals surface area contributed by atoms with E-state index in [9.17, 15) is 10.2 Å². The van der Waals surface area contributed by atoms with Gasteiger partial charge in [0.1, 0.15) is 18.0 Å². The van der Waals surface area contributed by atoms with E-state index in [1.165, 1.54) is 6.42 Å². The van der Waals surface area contributed by atoms with Gasteiger partial charge in [-0.2, -0.15) is 4.98 Å². The molecule has 1 aliphatic carbocycles. The van der Waals surface area contributed by atoms with Crippen LogP contribution in [-0.4, -0.2) is 50.6 Å². The van der Waals surface area contributed by atoms with Crippen molar-refractivity contribution >= 4 is 0 Å². The van der Waals surface area contributed by atoms with Gasteiger partial charge in [0.2, 0.25) is 5.82 Å². The lowest BCUT2D eigenvalue weighted by Gasteiger charge is -2.51. The van der Waals surface area contributed by atoms with Gasteiger partial charge in [-0.3, -0.25) is 0 Å². The van der Waals surface area contributed by atoms with Gasteiger partial charge in [-0.1, -0.05) is 60.8 Å². The maximum absolute atomic E-state index is 12.1. The van der Waals surface area contributed by atoms with Crippen LogP contribution in [-0.2, 0) is 12.1 Å². The van der Waals surface area contributed by atoms with Gasteiger partial charge >= 0.3 is 0 Å².